The van der Waals surface area contributed by atoms with Gasteiger partial charge in [0, 0.05) is 36.6 Å². The lowest BCUT2D eigenvalue weighted by Crippen LogP contribution is -2.39. The molecule has 2 aromatic rings. The SMILES string of the molecule is CC(C)c1c(C2=C(c3cc(C#N)n(C)c3C(C)C)C(C)(C)C(C)(C)C2(C)C)cc(C#N)n1C. The minimum atomic E-state index is -0.152. The molecule has 0 saturated carbocycles. The third kappa shape index (κ3) is 3.14. The lowest BCUT2D eigenvalue weighted by atomic mass is 9.57. The summed E-state index contributed by atoms with van der Waals surface area (Å²) in [6.45, 7) is 22.9. The molecule has 0 radical (unpaired) electrons. The van der Waals surface area contributed by atoms with Crippen LogP contribution < -0.4 is 0 Å². The molecule has 0 unspecified atom stereocenters. The van der Waals surface area contributed by atoms with Crippen LogP contribution in [0.4, 0.5) is 0 Å². The van der Waals surface area contributed by atoms with Crippen molar-refractivity contribution in [3.63, 3.8) is 0 Å². The van der Waals surface area contributed by atoms with Gasteiger partial charge in [0.1, 0.15) is 23.5 Å². The Morgan fingerprint density at radius 2 is 0.970 bits per heavy atom. The van der Waals surface area contributed by atoms with Gasteiger partial charge in [-0.3, -0.25) is 0 Å². The van der Waals surface area contributed by atoms with Gasteiger partial charge in [-0.2, -0.15) is 10.5 Å². The van der Waals surface area contributed by atoms with Crippen molar-refractivity contribution in [2.24, 2.45) is 30.3 Å². The van der Waals surface area contributed by atoms with Crippen LogP contribution in [0.1, 0.15) is 115 Å². The Hall–Kier alpha value is -2.72. The summed E-state index contributed by atoms with van der Waals surface area (Å²) in [4.78, 5) is 0. The van der Waals surface area contributed by atoms with Gasteiger partial charge in [0.15, 0.2) is 0 Å². The summed E-state index contributed by atoms with van der Waals surface area (Å²) in [6.07, 6.45) is 0. The molecule has 0 amide bonds. The zero-order valence-corrected chi connectivity index (χ0v) is 22.6. The average molecular weight is 445 g/mol. The zero-order chi connectivity index (χ0) is 25.3. The molecule has 1 aliphatic carbocycles. The highest BCUT2D eigenvalue weighted by atomic mass is 15.0. The van der Waals surface area contributed by atoms with Crippen molar-refractivity contribution >= 4 is 11.1 Å². The molecule has 0 atom stereocenters. The number of nitrogens with zero attached hydrogens (tertiary/aromatic N) is 4. The van der Waals surface area contributed by atoms with Gasteiger partial charge in [0.25, 0.3) is 0 Å². The lowest BCUT2D eigenvalue weighted by molar-refractivity contribution is 0.0816. The Labute approximate surface area is 200 Å². The van der Waals surface area contributed by atoms with Crippen LogP contribution in [-0.2, 0) is 14.1 Å². The van der Waals surface area contributed by atoms with Crippen molar-refractivity contribution in [3.8, 4) is 12.1 Å². The van der Waals surface area contributed by atoms with E-state index in [4.69, 9.17) is 0 Å². The van der Waals surface area contributed by atoms with E-state index in [9.17, 15) is 10.5 Å². The topological polar surface area (TPSA) is 57.4 Å². The Bertz CT molecular complexity index is 1130. The lowest BCUT2D eigenvalue weighted by Gasteiger charge is -2.46. The number of allylic oxidation sites excluding steroid dienone is 2. The summed E-state index contributed by atoms with van der Waals surface area (Å²) < 4.78 is 4.13. The van der Waals surface area contributed by atoms with Gasteiger partial charge in [-0.15, -0.1) is 0 Å². The molecule has 0 saturated heterocycles. The molecule has 0 aromatic carbocycles. The summed E-state index contributed by atoms with van der Waals surface area (Å²) in [5.74, 6) is 0.553. The van der Waals surface area contributed by atoms with Crippen molar-refractivity contribution in [2.75, 3.05) is 0 Å². The standard InChI is InChI=1S/C29H40N4/c1-17(2)25-21(13-19(15-30)32(25)11)23-24(28(7,8)29(9,10)27(23,5)6)22-14-20(16-31)33(12)26(22)18(3)4/h13-14,17-18H,1-12H3. The molecule has 0 N–H and O–H groups in total. The number of aromatic nitrogens is 2. The van der Waals surface area contributed by atoms with Crippen molar-refractivity contribution in [1.29, 1.82) is 10.5 Å². The molecule has 3 rings (SSSR count). The molecule has 2 aromatic heterocycles. The first-order valence-corrected chi connectivity index (χ1v) is 12.0. The van der Waals surface area contributed by atoms with E-state index in [1.807, 2.05) is 14.1 Å². The van der Waals surface area contributed by atoms with E-state index < -0.39 is 0 Å². The van der Waals surface area contributed by atoms with Crippen LogP contribution in [0.25, 0.3) is 11.1 Å². The molecule has 0 fully saturated rings. The van der Waals surface area contributed by atoms with Crippen molar-refractivity contribution in [3.05, 3.63) is 46.0 Å². The van der Waals surface area contributed by atoms with Gasteiger partial charge < -0.3 is 9.13 Å². The van der Waals surface area contributed by atoms with E-state index in [-0.39, 0.29) is 28.1 Å². The minimum Gasteiger partial charge on any atom is -0.339 e. The molecule has 0 aliphatic heterocycles. The van der Waals surface area contributed by atoms with Gasteiger partial charge >= 0.3 is 0 Å². The first-order chi connectivity index (χ1) is 15.1. The molecule has 0 spiro atoms. The first-order valence-electron chi connectivity index (χ1n) is 12.0. The highest BCUT2D eigenvalue weighted by Crippen LogP contribution is 2.70. The number of rotatable bonds is 4. The van der Waals surface area contributed by atoms with Crippen LogP contribution in [0.2, 0.25) is 0 Å². The average Bonchev–Trinajstić information content (AvgIpc) is 3.23. The van der Waals surface area contributed by atoms with E-state index in [1.165, 1.54) is 33.7 Å². The third-order valence-electron chi connectivity index (χ3n) is 9.05. The van der Waals surface area contributed by atoms with Gasteiger partial charge in [0.2, 0.25) is 0 Å². The monoisotopic (exact) mass is 444 g/mol. The summed E-state index contributed by atoms with van der Waals surface area (Å²) >= 11 is 0. The summed E-state index contributed by atoms with van der Waals surface area (Å²) in [7, 11) is 4.01. The fourth-order valence-electron chi connectivity index (χ4n) is 6.22. The van der Waals surface area contributed by atoms with Crippen molar-refractivity contribution < 1.29 is 0 Å². The fraction of sp³-hybridized carbons (Fsp3) is 0.586. The number of nitriles is 2. The van der Waals surface area contributed by atoms with E-state index in [1.54, 1.807) is 0 Å². The Morgan fingerprint density at radius 3 is 1.21 bits per heavy atom. The second-order valence-electron chi connectivity index (χ2n) is 11.9. The molecule has 1 aliphatic rings. The molecule has 4 heteroatoms. The fourth-order valence-corrected chi connectivity index (χ4v) is 6.22. The van der Waals surface area contributed by atoms with Crippen LogP contribution in [0.3, 0.4) is 0 Å². The maximum absolute atomic E-state index is 9.86. The molecule has 33 heavy (non-hydrogen) atoms. The summed E-state index contributed by atoms with van der Waals surface area (Å²) in [5.41, 5.74) is 8.40. The van der Waals surface area contributed by atoms with Gasteiger partial charge in [-0.1, -0.05) is 69.2 Å². The van der Waals surface area contributed by atoms with Gasteiger partial charge in [-0.05, 0) is 51.4 Å². The highest BCUT2D eigenvalue weighted by molar-refractivity contribution is 6.00. The maximum atomic E-state index is 9.86. The predicted octanol–water partition coefficient (Wildman–Crippen LogP) is 7.36. The largest absolute Gasteiger partial charge is 0.339 e. The quantitative estimate of drug-likeness (QED) is 0.495. The Balaban J connectivity index is 2.61. The van der Waals surface area contributed by atoms with Gasteiger partial charge in [-0.25, -0.2) is 0 Å². The summed E-state index contributed by atoms with van der Waals surface area (Å²) in [6, 6.07) is 8.99. The maximum Gasteiger partial charge on any atom is 0.120 e. The van der Waals surface area contributed by atoms with E-state index in [0.717, 1.165) is 0 Å². The van der Waals surface area contributed by atoms with Crippen LogP contribution >= 0.6 is 0 Å². The van der Waals surface area contributed by atoms with Crippen LogP contribution in [0.5, 0.6) is 0 Å². The number of hydrogen-bond acceptors (Lipinski definition) is 2. The minimum absolute atomic E-state index is 0.0571. The highest BCUT2D eigenvalue weighted by Gasteiger charge is 2.59. The predicted molar refractivity (Wildman–Crippen MR) is 137 cm³/mol. The van der Waals surface area contributed by atoms with E-state index in [0.29, 0.717) is 11.4 Å². The van der Waals surface area contributed by atoms with Gasteiger partial charge in [0.05, 0.1) is 0 Å². The Kier molecular flexibility index (Phi) is 5.79. The van der Waals surface area contributed by atoms with E-state index >= 15 is 0 Å². The third-order valence-corrected chi connectivity index (χ3v) is 9.05. The normalized spacial score (nSPS) is 18.8. The molecule has 4 nitrogen and oxygen atoms in total. The van der Waals surface area contributed by atoms with Crippen molar-refractivity contribution in [2.45, 2.75) is 81.1 Å². The molecule has 176 valence electrons. The molecule has 2 heterocycles. The summed E-state index contributed by atoms with van der Waals surface area (Å²) in [5, 5.41) is 19.7. The second-order valence-corrected chi connectivity index (χ2v) is 11.9. The van der Waals surface area contributed by atoms with Crippen molar-refractivity contribution in [1.82, 2.24) is 9.13 Å². The van der Waals surface area contributed by atoms with Crippen LogP contribution in [-0.4, -0.2) is 9.13 Å². The zero-order valence-electron chi connectivity index (χ0n) is 22.6. The second kappa shape index (κ2) is 7.66. The van der Waals surface area contributed by atoms with E-state index in [2.05, 4.69) is 103 Å². The van der Waals surface area contributed by atoms with Crippen LogP contribution in [0.15, 0.2) is 12.1 Å². The Morgan fingerprint density at radius 1 is 0.667 bits per heavy atom. The molecular formula is C29H40N4. The molecule has 0 bridgehead atoms. The smallest absolute Gasteiger partial charge is 0.120 e. The first kappa shape index (κ1) is 24.9. The number of hydrogen-bond donors (Lipinski definition) is 0. The molecular weight excluding hydrogens is 404 g/mol. The van der Waals surface area contributed by atoms with Crippen LogP contribution in [0, 0.1) is 38.9 Å².